The van der Waals surface area contributed by atoms with Crippen molar-refractivity contribution in [1.29, 1.82) is 0 Å². The van der Waals surface area contributed by atoms with Gasteiger partial charge in [-0.1, -0.05) is 0 Å². The molecule has 0 amide bonds. The zero-order chi connectivity index (χ0) is 34.8. The molecule has 49 heavy (non-hydrogen) atoms. The Morgan fingerprint density at radius 2 is 1.59 bits per heavy atom. The van der Waals surface area contributed by atoms with Crippen molar-refractivity contribution in [1.82, 2.24) is 0 Å². The van der Waals surface area contributed by atoms with E-state index >= 15 is 0 Å². The number of aliphatic hydroxyl groups is 4. The van der Waals surface area contributed by atoms with E-state index in [4.69, 9.17) is 32.2 Å². The third kappa shape index (κ3) is 6.16. The number of ether oxygens (including phenoxy) is 4. The number of furan rings is 1. The summed E-state index contributed by atoms with van der Waals surface area (Å²) in [6.07, 6.45) is -6.88. The van der Waals surface area contributed by atoms with Crippen LogP contribution in [0.3, 0.4) is 0 Å². The molecule has 2 aliphatic heterocycles. The Balaban J connectivity index is 1.10. The highest BCUT2D eigenvalue weighted by molar-refractivity contribution is 5.97. The highest BCUT2D eigenvalue weighted by Gasteiger charge is 2.51. The van der Waals surface area contributed by atoms with E-state index in [1.54, 1.807) is 52.0 Å². The molecular formula is C36H38O13. The van der Waals surface area contributed by atoms with Crippen LogP contribution >= 0.6 is 0 Å². The van der Waals surface area contributed by atoms with Crippen LogP contribution in [0.5, 0.6) is 5.75 Å². The maximum absolute atomic E-state index is 12.1. The van der Waals surface area contributed by atoms with Crippen LogP contribution < -0.4 is 16.0 Å². The van der Waals surface area contributed by atoms with Crippen LogP contribution in [-0.4, -0.2) is 81.1 Å². The Morgan fingerprint density at radius 3 is 2.35 bits per heavy atom. The highest BCUT2D eigenvalue weighted by Crippen LogP contribution is 2.40. The van der Waals surface area contributed by atoms with Crippen molar-refractivity contribution in [3.63, 3.8) is 0 Å². The van der Waals surface area contributed by atoms with Gasteiger partial charge in [-0.25, -0.2) is 9.59 Å². The molecule has 5 heterocycles. The largest absolute Gasteiger partial charge is 0.487 e. The second-order valence-electron chi connectivity index (χ2n) is 13.8. The maximum atomic E-state index is 12.1. The lowest BCUT2D eigenvalue weighted by Crippen LogP contribution is -2.64. The first-order chi connectivity index (χ1) is 23.2. The first kappa shape index (κ1) is 33.4. The van der Waals surface area contributed by atoms with Crippen molar-refractivity contribution in [3.05, 3.63) is 86.8 Å². The van der Waals surface area contributed by atoms with E-state index in [-0.39, 0.29) is 12.0 Å². The molecule has 7 rings (SSSR count). The fourth-order valence-corrected chi connectivity index (χ4v) is 6.64. The van der Waals surface area contributed by atoms with Crippen molar-refractivity contribution < 1.29 is 52.6 Å². The minimum atomic E-state index is -1.56. The molecule has 2 aliphatic rings. The number of hydrogen-bond acceptors (Lipinski definition) is 13. The average molecular weight is 679 g/mol. The lowest BCUT2D eigenvalue weighted by atomic mass is 9.91. The minimum Gasteiger partial charge on any atom is -0.487 e. The summed E-state index contributed by atoms with van der Waals surface area (Å²) in [6.45, 7) is 6.11. The van der Waals surface area contributed by atoms with Gasteiger partial charge in [-0.2, -0.15) is 0 Å². The SMILES string of the molecule is CC(C)(O[C@@H]1[C@@H](O)[C@H](OC(C)(C)[C@@H]2Cc3cc4ccc(=O)oc4cc3O2)O[C@H](CO)[C@H]1O)[C@H](O)Cc1c2occc2cc2ccc(=O)oc12. The Hall–Kier alpha value is -4.08. The molecule has 13 nitrogen and oxygen atoms in total. The highest BCUT2D eigenvalue weighted by atomic mass is 16.7. The molecule has 0 bridgehead atoms. The predicted molar refractivity (Wildman–Crippen MR) is 174 cm³/mol. The molecular weight excluding hydrogens is 640 g/mol. The molecule has 2 aromatic carbocycles. The fourth-order valence-electron chi connectivity index (χ4n) is 6.64. The van der Waals surface area contributed by atoms with Gasteiger partial charge in [-0.3, -0.25) is 0 Å². The van der Waals surface area contributed by atoms with Crippen LogP contribution in [0.2, 0.25) is 0 Å². The topological polar surface area (TPSA) is 191 Å². The molecule has 4 N–H and O–H groups in total. The molecule has 0 spiro atoms. The summed E-state index contributed by atoms with van der Waals surface area (Å²) in [4.78, 5) is 23.8. The van der Waals surface area contributed by atoms with Gasteiger partial charge in [0.1, 0.15) is 58.6 Å². The van der Waals surface area contributed by atoms with E-state index in [2.05, 4.69) is 0 Å². The predicted octanol–water partition coefficient (Wildman–Crippen LogP) is 2.95. The average Bonchev–Trinajstić information content (AvgIpc) is 3.70. The van der Waals surface area contributed by atoms with E-state index in [1.165, 1.54) is 18.4 Å². The molecule has 7 atom stereocenters. The first-order valence-corrected chi connectivity index (χ1v) is 16.1. The normalized spacial score (nSPS) is 25.1. The Morgan fingerprint density at radius 1 is 0.878 bits per heavy atom. The van der Waals surface area contributed by atoms with Gasteiger partial charge in [-0.15, -0.1) is 0 Å². The summed E-state index contributed by atoms with van der Waals surface area (Å²) in [5.74, 6) is 0.534. The summed E-state index contributed by atoms with van der Waals surface area (Å²) in [6, 6.07) is 13.1. The van der Waals surface area contributed by atoms with Crippen molar-refractivity contribution in [2.75, 3.05) is 6.61 Å². The smallest absolute Gasteiger partial charge is 0.336 e. The number of fused-ring (bicyclic) bond motifs is 4. The monoisotopic (exact) mass is 678 g/mol. The summed E-state index contributed by atoms with van der Waals surface area (Å²) < 4.78 is 41.1. The molecule has 0 unspecified atom stereocenters. The van der Waals surface area contributed by atoms with Gasteiger partial charge in [0.2, 0.25) is 0 Å². The molecule has 0 saturated carbocycles. The second kappa shape index (κ2) is 12.4. The number of rotatable bonds is 9. The van der Waals surface area contributed by atoms with E-state index in [1.807, 2.05) is 12.1 Å². The molecule has 1 saturated heterocycles. The Labute approximate surface area is 279 Å². The molecule has 260 valence electrons. The van der Waals surface area contributed by atoms with Crippen LogP contribution in [-0.2, 0) is 27.1 Å². The van der Waals surface area contributed by atoms with Crippen LogP contribution in [0.1, 0.15) is 38.8 Å². The number of hydrogen-bond donors (Lipinski definition) is 4. The zero-order valence-corrected chi connectivity index (χ0v) is 27.3. The fraction of sp³-hybridized carbons (Fsp3) is 0.444. The van der Waals surface area contributed by atoms with Crippen LogP contribution in [0.15, 0.2) is 77.6 Å². The van der Waals surface area contributed by atoms with Gasteiger partial charge in [0.15, 0.2) is 6.29 Å². The first-order valence-electron chi connectivity index (χ1n) is 16.1. The Bertz CT molecular complexity index is 2120. The zero-order valence-electron chi connectivity index (χ0n) is 27.3. The summed E-state index contributed by atoms with van der Waals surface area (Å²) in [7, 11) is 0. The summed E-state index contributed by atoms with van der Waals surface area (Å²) >= 11 is 0. The van der Waals surface area contributed by atoms with E-state index in [0.717, 1.165) is 16.3 Å². The molecule has 0 aliphatic carbocycles. The summed E-state index contributed by atoms with van der Waals surface area (Å²) in [5.41, 5.74) is -1.09. The minimum absolute atomic E-state index is 0.0644. The van der Waals surface area contributed by atoms with E-state index in [0.29, 0.717) is 34.3 Å². The van der Waals surface area contributed by atoms with Crippen molar-refractivity contribution in [2.45, 2.75) is 94.7 Å². The Kier molecular flexibility index (Phi) is 8.43. The maximum Gasteiger partial charge on any atom is 0.336 e. The molecule has 1 fully saturated rings. The van der Waals surface area contributed by atoms with Gasteiger partial charge in [0.05, 0.1) is 24.6 Å². The van der Waals surface area contributed by atoms with E-state index in [9.17, 15) is 30.0 Å². The second-order valence-corrected chi connectivity index (χ2v) is 13.8. The third-order valence-electron chi connectivity index (χ3n) is 9.55. The summed E-state index contributed by atoms with van der Waals surface area (Å²) in [5, 5.41) is 46.5. The van der Waals surface area contributed by atoms with Crippen LogP contribution in [0.25, 0.3) is 32.9 Å². The van der Waals surface area contributed by atoms with Gasteiger partial charge >= 0.3 is 11.3 Å². The van der Waals surface area contributed by atoms with Gasteiger partial charge in [0.25, 0.3) is 0 Å². The van der Waals surface area contributed by atoms with Crippen LogP contribution in [0, 0.1) is 0 Å². The molecule has 0 radical (unpaired) electrons. The number of benzene rings is 2. The van der Waals surface area contributed by atoms with Crippen LogP contribution in [0.4, 0.5) is 0 Å². The lowest BCUT2D eigenvalue weighted by molar-refractivity contribution is -0.345. The third-order valence-corrected chi connectivity index (χ3v) is 9.55. The standard InChI is InChI=1S/C36H38O13/c1-35(2,25(38)14-21-31-19(9-10-43-31)12-18-6-8-28(40)47-32(18)21)48-33-29(41)24(16-37)46-34(30(33)42)49-36(3,4)26-13-20-11-17-5-7-27(39)45-22(17)15-23(20)44-26/h5-12,15,24-26,29-30,33-34,37-38,41-42H,13-14,16H2,1-4H3/t24-,25-,26+,29-,30-,33+,34+/m1/s1. The van der Waals surface area contributed by atoms with Gasteiger partial charge in [0, 0.05) is 52.8 Å². The quantitative estimate of drug-likeness (QED) is 0.167. The number of aliphatic hydroxyl groups excluding tert-OH is 4. The molecule has 5 aromatic rings. The molecule has 3 aromatic heterocycles. The van der Waals surface area contributed by atoms with Crippen molar-refractivity contribution in [3.8, 4) is 5.75 Å². The van der Waals surface area contributed by atoms with Gasteiger partial charge in [-0.05, 0) is 63.6 Å². The molecule has 13 heteroatoms. The van der Waals surface area contributed by atoms with Crippen molar-refractivity contribution in [2.24, 2.45) is 0 Å². The van der Waals surface area contributed by atoms with E-state index < -0.39 is 72.0 Å². The lowest BCUT2D eigenvalue weighted by Gasteiger charge is -2.47. The van der Waals surface area contributed by atoms with Crippen molar-refractivity contribution >= 4 is 32.9 Å². The van der Waals surface area contributed by atoms with Gasteiger partial charge < -0.3 is 52.6 Å².